The third-order valence-electron chi connectivity index (χ3n) is 2.52. The first-order valence-electron chi connectivity index (χ1n) is 5.36. The molecule has 1 heterocycles. The van der Waals surface area contributed by atoms with Crippen LogP contribution < -0.4 is 11.1 Å². The highest BCUT2D eigenvalue weighted by Gasteiger charge is 2.11. The maximum atomic E-state index is 12.0. The average molecular weight is 306 g/mol. The fourth-order valence-electron chi connectivity index (χ4n) is 1.57. The lowest BCUT2D eigenvalue weighted by molar-refractivity contribution is 0.102. The van der Waals surface area contributed by atoms with E-state index >= 15 is 0 Å². The number of nitrogen functional groups attached to an aromatic ring is 1. The Labute approximate surface area is 113 Å². The number of amides is 1. The SMILES string of the molecule is Cc1cc(Br)ccc1NC(=O)c1cccnc1N. The van der Waals surface area contributed by atoms with Crippen molar-refractivity contribution in [2.75, 3.05) is 11.1 Å². The molecule has 0 aliphatic rings. The Morgan fingerprint density at radius 2 is 2.17 bits per heavy atom. The minimum absolute atomic E-state index is 0.227. The van der Waals surface area contributed by atoms with E-state index in [-0.39, 0.29) is 11.7 Å². The van der Waals surface area contributed by atoms with E-state index in [1.807, 2.05) is 25.1 Å². The van der Waals surface area contributed by atoms with Gasteiger partial charge in [0.25, 0.3) is 5.91 Å². The van der Waals surface area contributed by atoms with Crippen molar-refractivity contribution in [3.8, 4) is 0 Å². The molecule has 1 amide bonds. The largest absolute Gasteiger partial charge is 0.383 e. The molecule has 0 radical (unpaired) electrons. The van der Waals surface area contributed by atoms with Gasteiger partial charge in [0.2, 0.25) is 0 Å². The van der Waals surface area contributed by atoms with E-state index in [4.69, 9.17) is 5.73 Å². The summed E-state index contributed by atoms with van der Waals surface area (Å²) >= 11 is 3.38. The van der Waals surface area contributed by atoms with Crippen molar-refractivity contribution in [1.29, 1.82) is 0 Å². The first-order chi connectivity index (χ1) is 8.58. The third kappa shape index (κ3) is 2.68. The van der Waals surface area contributed by atoms with E-state index in [1.165, 1.54) is 0 Å². The molecule has 0 saturated carbocycles. The molecule has 0 atom stereocenters. The van der Waals surface area contributed by atoms with Crippen molar-refractivity contribution in [1.82, 2.24) is 4.98 Å². The lowest BCUT2D eigenvalue weighted by Crippen LogP contribution is -2.15. The van der Waals surface area contributed by atoms with Gasteiger partial charge in [0.1, 0.15) is 5.82 Å². The fourth-order valence-corrected chi connectivity index (χ4v) is 2.04. The van der Waals surface area contributed by atoms with Crippen molar-refractivity contribution in [2.24, 2.45) is 0 Å². The molecular weight excluding hydrogens is 294 g/mol. The lowest BCUT2D eigenvalue weighted by atomic mass is 10.2. The van der Waals surface area contributed by atoms with E-state index in [9.17, 15) is 4.79 Å². The van der Waals surface area contributed by atoms with Crippen LogP contribution in [0.2, 0.25) is 0 Å². The van der Waals surface area contributed by atoms with Crippen LogP contribution in [-0.2, 0) is 0 Å². The number of nitrogens with two attached hydrogens (primary N) is 1. The highest BCUT2D eigenvalue weighted by atomic mass is 79.9. The number of aryl methyl sites for hydroxylation is 1. The quantitative estimate of drug-likeness (QED) is 0.896. The average Bonchev–Trinajstić information content (AvgIpc) is 2.33. The molecule has 5 heteroatoms. The van der Waals surface area contributed by atoms with Gasteiger partial charge in [-0.3, -0.25) is 4.79 Å². The second-order valence-electron chi connectivity index (χ2n) is 3.85. The normalized spacial score (nSPS) is 10.1. The van der Waals surface area contributed by atoms with Gasteiger partial charge in [0, 0.05) is 16.4 Å². The van der Waals surface area contributed by atoms with Crippen LogP contribution in [0.5, 0.6) is 0 Å². The number of aromatic nitrogens is 1. The van der Waals surface area contributed by atoms with Gasteiger partial charge in [-0.15, -0.1) is 0 Å². The number of hydrogen-bond acceptors (Lipinski definition) is 3. The van der Waals surface area contributed by atoms with Gasteiger partial charge in [-0.1, -0.05) is 15.9 Å². The van der Waals surface area contributed by atoms with Crippen molar-refractivity contribution in [3.05, 3.63) is 52.1 Å². The number of nitrogens with one attached hydrogen (secondary N) is 1. The number of pyridine rings is 1. The number of carbonyl (C=O) groups is 1. The molecule has 0 unspecified atom stereocenters. The standard InChI is InChI=1S/C13H12BrN3O/c1-8-7-9(14)4-5-11(8)17-13(18)10-3-2-6-16-12(10)15/h2-7H,1H3,(H2,15,16)(H,17,18). The van der Waals surface area contributed by atoms with Gasteiger partial charge in [0.15, 0.2) is 0 Å². The van der Waals surface area contributed by atoms with Crippen molar-refractivity contribution in [2.45, 2.75) is 6.92 Å². The molecule has 0 fully saturated rings. The smallest absolute Gasteiger partial charge is 0.259 e. The molecule has 0 bridgehead atoms. The molecular formula is C13H12BrN3O. The summed E-state index contributed by atoms with van der Waals surface area (Å²) in [5.74, 6) is -0.0317. The molecule has 2 rings (SSSR count). The zero-order valence-electron chi connectivity index (χ0n) is 9.77. The second kappa shape index (κ2) is 5.18. The van der Waals surface area contributed by atoms with Crippen LogP contribution in [-0.4, -0.2) is 10.9 Å². The maximum absolute atomic E-state index is 12.0. The lowest BCUT2D eigenvalue weighted by Gasteiger charge is -2.09. The Bertz CT molecular complexity index is 599. The second-order valence-corrected chi connectivity index (χ2v) is 4.77. The van der Waals surface area contributed by atoms with Crippen LogP contribution >= 0.6 is 15.9 Å². The van der Waals surface area contributed by atoms with Crippen molar-refractivity contribution >= 4 is 33.3 Å². The van der Waals surface area contributed by atoms with Crippen LogP contribution in [0.25, 0.3) is 0 Å². The van der Waals surface area contributed by atoms with Gasteiger partial charge in [0.05, 0.1) is 5.56 Å². The van der Waals surface area contributed by atoms with Crippen LogP contribution in [0.4, 0.5) is 11.5 Å². The molecule has 3 N–H and O–H groups in total. The predicted octanol–water partition coefficient (Wildman–Crippen LogP) is 2.99. The van der Waals surface area contributed by atoms with E-state index in [0.29, 0.717) is 5.56 Å². The Kier molecular flexibility index (Phi) is 3.62. The highest BCUT2D eigenvalue weighted by molar-refractivity contribution is 9.10. The summed E-state index contributed by atoms with van der Waals surface area (Å²) in [7, 11) is 0. The van der Waals surface area contributed by atoms with E-state index in [2.05, 4.69) is 26.2 Å². The van der Waals surface area contributed by atoms with Crippen LogP contribution in [0.3, 0.4) is 0 Å². The number of benzene rings is 1. The number of nitrogens with zero attached hydrogens (tertiary/aromatic N) is 1. The van der Waals surface area contributed by atoms with Gasteiger partial charge in [-0.05, 0) is 42.8 Å². The number of hydrogen-bond donors (Lipinski definition) is 2. The van der Waals surface area contributed by atoms with E-state index < -0.39 is 0 Å². The first-order valence-corrected chi connectivity index (χ1v) is 6.15. The summed E-state index contributed by atoms with van der Waals surface area (Å²) in [4.78, 5) is 15.9. The summed E-state index contributed by atoms with van der Waals surface area (Å²) < 4.78 is 0.971. The molecule has 1 aromatic carbocycles. The molecule has 0 aliphatic heterocycles. The minimum Gasteiger partial charge on any atom is -0.383 e. The Morgan fingerprint density at radius 3 is 2.83 bits per heavy atom. The molecule has 0 aliphatic carbocycles. The summed E-state index contributed by atoms with van der Waals surface area (Å²) in [5.41, 5.74) is 7.76. The van der Waals surface area contributed by atoms with Crippen LogP contribution in [0, 0.1) is 6.92 Å². The zero-order valence-corrected chi connectivity index (χ0v) is 11.4. The van der Waals surface area contributed by atoms with Crippen molar-refractivity contribution < 1.29 is 4.79 Å². The molecule has 0 saturated heterocycles. The fraction of sp³-hybridized carbons (Fsp3) is 0.0769. The summed E-state index contributed by atoms with van der Waals surface area (Å²) in [6.07, 6.45) is 1.55. The zero-order chi connectivity index (χ0) is 13.1. The monoisotopic (exact) mass is 305 g/mol. The number of carbonyl (C=O) groups excluding carboxylic acids is 1. The Morgan fingerprint density at radius 1 is 1.39 bits per heavy atom. The molecule has 2 aromatic rings. The minimum atomic E-state index is -0.258. The maximum Gasteiger partial charge on any atom is 0.259 e. The Balaban J connectivity index is 2.24. The topological polar surface area (TPSA) is 68.0 Å². The van der Waals surface area contributed by atoms with Gasteiger partial charge >= 0.3 is 0 Å². The van der Waals surface area contributed by atoms with E-state index in [0.717, 1.165) is 15.7 Å². The molecule has 4 nitrogen and oxygen atoms in total. The number of rotatable bonds is 2. The van der Waals surface area contributed by atoms with E-state index in [1.54, 1.807) is 18.3 Å². The summed E-state index contributed by atoms with van der Waals surface area (Å²) in [6.45, 7) is 1.92. The molecule has 18 heavy (non-hydrogen) atoms. The highest BCUT2D eigenvalue weighted by Crippen LogP contribution is 2.21. The molecule has 1 aromatic heterocycles. The predicted molar refractivity (Wildman–Crippen MR) is 75.5 cm³/mol. The van der Waals surface area contributed by atoms with Crippen LogP contribution in [0.1, 0.15) is 15.9 Å². The molecule has 0 spiro atoms. The third-order valence-corrected chi connectivity index (χ3v) is 3.01. The molecule has 92 valence electrons. The van der Waals surface area contributed by atoms with Gasteiger partial charge in [-0.2, -0.15) is 0 Å². The number of anilines is 2. The summed E-state index contributed by atoms with van der Waals surface area (Å²) in [5, 5.41) is 2.81. The van der Waals surface area contributed by atoms with Crippen molar-refractivity contribution in [3.63, 3.8) is 0 Å². The Hall–Kier alpha value is -1.88. The first kappa shape index (κ1) is 12.6. The summed E-state index contributed by atoms with van der Waals surface area (Å²) in [6, 6.07) is 8.97. The van der Waals surface area contributed by atoms with Gasteiger partial charge in [-0.25, -0.2) is 4.98 Å². The van der Waals surface area contributed by atoms with Gasteiger partial charge < -0.3 is 11.1 Å². The van der Waals surface area contributed by atoms with Crippen LogP contribution in [0.15, 0.2) is 41.0 Å². The number of halogens is 1.